The van der Waals surface area contributed by atoms with Crippen LogP contribution in [0.3, 0.4) is 0 Å². The van der Waals surface area contributed by atoms with E-state index in [1.54, 1.807) is 0 Å². The van der Waals surface area contributed by atoms with Gasteiger partial charge in [-0.15, -0.1) is 11.3 Å². The summed E-state index contributed by atoms with van der Waals surface area (Å²) in [5.41, 5.74) is 4.52. The van der Waals surface area contributed by atoms with Crippen LogP contribution in [0.1, 0.15) is 0 Å². The lowest BCUT2D eigenvalue weighted by Gasteiger charge is -2.04. The third kappa shape index (κ3) is 2.10. The average molecular weight is 401 g/mol. The fraction of sp³-hybridized carbons (Fsp3) is 0. The number of benzene rings is 4. The Balaban J connectivity index is 1.69. The summed E-state index contributed by atoms with van der Waals surface area (Å²) in [6.45, 7) is 0. The first-order chi connectivity index (χ1) is 14.9. The number of H-pyrrole nitrogens is 1. The van der Waals surface area contributed by atoms with Crippen molar-refractivity contribution < 1.29 is 0 Å². The van der Waals surface area contributed by atoms with E-state index in [1.807, 2.05) is 29.7 Å². The highest BCUT2D eigenvalue weighted by Crippen LogP contribution is 2.45. The zero-order valence-corrected chi connectivity index (χ0v) is 16.8. The van der Waals surface area contributed by atoms with E-state index in [2.05, 4.69) is 82.8 Å². The van der Waals surface area contributed by atoms with Crippen molar-refractivity contribution >= 4 is 64.1 Å². The van der Waals surface area contributed by atoms with Crippen LogP contribution in [0.15, 0.2) is 91.1 Å². The van der Waals surface area contributed by atoms with Gasteiger partial charge in [0.15, 0.2) is 0 Å². The van der Waals surface area contributed by atoms with Crippen LogP contribution in [-0.4, -0.2) is 9.97 Å². The molecular weight excluding hydrogens is 384 g/mol. The van der Waals surface area contributed by atoms with E-state index in [4.69, 9.17) is 0 Å². The van der Waals surface area contributed by atoms with Gasteiger partial charge in [0, 0.05) is 43.5 Å². The van der Waals surface area contributed by atoms with E-state index < -0.39 is 0 Å². The van der Waals surface area contributed by atoms with Crippen molar-refractivity contribution in [3.8, 4) is 11.3 Å². The van der Waals surface area contributed by atoms with Gasteiger partial charge in [0.05, 0.1) is 15.9 Å². The van der Waals surface area contributed by atoms with Gasteiger partial charge in [-0.3, -0.25) is 4.98 Å². The standard InChI is InChI=1S/C27H16N2S/c1-2-8-18-17(7-1)24-19-13-12-16(21-10-5-6-14-28-21)15-22(19)29-26(24)27-25(18)20-9-3-4-11-23(20)30-27/h1-15,29H. The quantitative estimate of drug-likeness (QED) is 0.298. The van der Waals surface area contributed by atoms with Gasteiger partial charge in [-0.25, -0.2) is 0 Å². The maximum Gasteiger partial charge on any atom is 0.0702 e. The van der Waals surface area contributed by atoms with Crippen molar-refractivity contribution in [3.63, 3.8) is 0 Å². The molecule has 0 aliphatic heterocycles. The van der Waals surface area contributed by atoms with Crippen molar-refractivity contribution in [2.24, 2.45) is 0 Å². The molecule has 0 aliphatic rings. The Hall–Kier alpha value is -3.69. The molecule has 3 heterocycles. The molecule has 1 N–H and O–H groups in total. The molecule has 2 nitrogen and oxygen atoms in total. The van der Waals surface area contributed by atoms with Crippen LogP contribution in [0, 0.1) is 0 Å². The number of nitrogens with one attached hydrogen (secondary N) is 1. The molecule has 7 aromatic rings. The molecule has 140 valence electrons. The number of fused-ring (bicyclic) bond motifs is 10. The monoisotopic (exact) mass is 400 g/mol. The van der Waals surface area contributed by atoms with Crippen LogP contribution in [0.2, 0.25) is 0 Å². The smallest absolute Gasteiger partial charge is 0.0702 e. The Morgan fingerprint density at radius 2 is 1.43 bits per heavy atom. The molecule has 0 radical (unpaired) electrons. The molecule has 0 aliphatic carbocycles. The summed E-state index contributed by atoms with van der Waals surface area (Å²) < 4.78 is 2.67. The summed E-state index contributed by atoms with van der Waals surface area (Å²) in [5.74, 6) is 0. The van der Waals surface area contributed by atoms with Crippen molar-refractivity contribution in [2.75, 3.05) is 0 Å². The molecule has 0 amide bonds. The highest BCUT2D eigenvalue weighted by molar-refractivity contribution is 7.27. The van der Waals surface area contributed by atoms with Crippen LogP contribution in [0.4, 0.5) is 0 Å². The number of aromatic amines is 1. The fourth-order valence-electron chi connectivity index (χ4n) is 4.75. The number of nitrogens with zero attached hydrogens (tertiary/aromatic N) is 1. The van der Waals surface area contributed by atoms with E-state index in [0.717, 1.165) is 16.8 Å². The first-order valence-corrected chi connectivity index (χ1v) is 10.9. The first kappa shape index (κ1) is 16.1. The van der Waals surface area contributed by atoms with Gasteiger partial charge in [-0.2, -0.15) is 0 Å². The minimum Gasteiger partial charge on any atom is -0.353 e. The van der Waals surface area contributed by atoms with Gasteiger partial charge in [0.1, 0.15) is 0 Å². The predicted molar refractivity (Wildman–Crippen MR) is 129 cm³/mol. The van der Waals surface area contributed by atoms with Crippen LogP contribution >= 0.6 is 11.3 Å². The molecule has 3 heteroatoms. The molecule has 0 spiro atoms. The molecule has 3 aromatic heterocycles. The third-order valence-corrected chi connectivity index (χ3v) is 7.24. The Kier molecular flexibility index (Phi) is 3.18. The Bertz CT molecular complexity index is 1740. The van der Waals surface area contributed by atoms with Crippen LogP contribution in [0.25, 0.3) is 64.0 Å². The molecule has 0 atom stereocenters. The minimum absolute atomic E-state index is 0.995. The lowest BCUT2D eigenvalue weighted by Crippen LogP contribution is -1.81. The summed E-state index contributed by atoms with van der Waals surface area (Å²) in [5, 5.41) is 7.90. The normalized spacial score (nSPS) is 12.0. The Labute approximate surface area is 176 Å². The topological polar surface area (TPSA) is 28.7 Å². The number of thiophene rings is 1. The van der Waals surface area contributed by atoms with Gasteiger partial charge in [-0.05, 0) is 35.0 Å². The van der Waals surface area contributed by atoms with Crippen LogP contribution < -0.4 is 0 Å². The summed E-state index contributed by atoms with van der Waals surface area (Å²) in [6.07, 6.45) is 1.85. The summed E-state index contributed by atoms with van der Waals surface area (Å²) >= 11 is 1.88. The van der Waals surface area contributed by atoms with E-state index >= 15 is 0 Å². The number of hydrogen-bond donors (Lipinski definition) is 1. The van der Waals surface area contributed by atoms with Crippen molar-refractivity contribution in [1.29, 1.82) is 0 Å². The summed E-state index contributed by atoms with van der Waals surface area (Å²) in [6, 6.07) is 30.2. The lowest BCUT2D eigenvalue weighted by molar-refractivity contribution is 1.33. The van der Waals surface area contributed by atoms with E-state index in [9.17, 15) is 0 Å². The summed E-state index contributed by atoms with van der Waals surface area (Å²) in [4.78, 5) is 8.29. The van der Waals surface area contributed by atoms with Gasteiger partial charge in [0.25, 0.3) is 0 Å². The van der Waals surface area contributed by atoms with Gasteiger partial charge in [-0.1, -0.05) is 60.7 Å². The zero-order valence-electron chi connectivity index (χ0n) is 16.0. The fourth-order valence-corrected chi connectivity index (χ4v) is 5.97. The van der Waals surface area contributed by atoms with E-state index in [0.29, 0.717) is 0 Å². The lowest BCUT2D eigenvalue weighted by atomic mass is 9.98. The molecule has 4 aromatic carbocycles. The number of hydrogen-bond acceptors (Lipinski definition) is 2. The number of rotatable bonds is 1. The second kappa shape index (κ2) is 5.91. The molecule has 30 heavy (non-hydrogen) atoms. The van der Waals surface area contributed by atoms with E-state index in [1.165, 1.54) is 47.2 Å². The molecule has 0 saturated carbocycles. The largest absolute Gasteiger partial charge is 0.353 e. The maximum absolute atomic E-state index is 4.53. The van der Waals surface area contributed by atoms with Crippen molar-refractivity contribution in [1.82, 2.24) is 9.97 Å². The van der Waals surface area contributed by atoms with Crippen LogP contribution in [0.5, 0.6) is 0 Å². The van der Waals surface area contributed by atoms with E-state index in [-0.39, 0.29) is 0 Å². The first-order valence-electron chi connectivity index (χ1n) is 10.1. The van der Waals surface area contributed by atoms with Crippen molar-refractivity contribution in [2.45, 2.75) is 0 Å². The van der Waals surface area contributed by atoms with Gasteiger partial charge in [0.2, 0.25) is 0 Å². The summed E-state index contributed by atoms with van der Waals surface area (Å²) in [7, 11) is 0. The molecule has 0 fully saturated rings. The maximum atomic E-state index is 4.53. The molecule has 0 saturated heterocycles. The highest BCUT2D eigenvalue weighted by Gasteiger charge is 2.17. The van der Waals surface area contributed by atoms with Crippen molar-refractivity contribution in [3.05, 3.63) is 91.1 Å². The van der Waals surface area contributed by atoms with Gasteiger partial charge < -0.3 is 4.98 Å². The highest BCUT2D eigenvalue weighted by atomic mass is 32.1. The average Bonchev–Trinajstić information content (AvgIpc) is 3.38. The third-order valence-electron chi connectivity index (χ3n) is 6.05. The van der Waals surface area contributed by atoms with Crippen LogP contribution in [-0.2, 0) is 0 Å². The molecular formula is C27H16N2S. The SMILES string of the molecule is c1ccc(-c2ccc3c(c2)[nH]c2c4sc5ccccc5c4c4ccccc4c32)nc1. The Morgan fingerprint density at radius 1 is 0.667 bits per heavy atom. The molecule has 0 bridgehead atoms. The number of pyridine rings is 1. The second-order valence-electron chi connectivity index (χ2n) is 7.70. The molecule has 7 rings (SSSR count). The van der Waals surface area contributed by atoms with Gasteiger partial charge >= 0.3 is 0 Å². The molecule has 0 unspecified atom stereocenters. The minimum atomic E-state index is 0.995. The second-order valence-corrected chi connectivity index (χ2v) is 8.75. The Morgan fingerprint density at radius 3 is 2.27 bits per heavy atom. The number of aromatic nitrogens is 2. The predicted octanol–water partition coefficient (Wildman–Crippen LogP) is 7.90. The zero-order chi connectivity index (χ0) is 19.7.